The molecule has 0 saturated carbocycles. The summed E-state index contributed by atoms with van der Waals surface area (Å²) in [6, 6.07) is 1.53. The van der Waals surface area contributed by atoms with Crippen LogP contribution in [-0.2, 0) is 17.1 Å². The zero-order valence-corrected chi connectivity index (χ0v) is 14.5. The van der Waals surface area contributed by atoms with E-state index in [9.17, 15) is 26.3 Å². The average molecular weight is 381 g/mol. The van der Waals surface area contributed by atoms with Crippen LogP contribution in [0.2, 0.25) is 0 Å². The molecule has 146 valence electrons. The maximum atomic E-state index is 12.9. The molecule has 1 aromatic rings. The Labute approximate surface area is 148 Å². The predicted octanol–water partition coefficient (Wildman–Crippen LogP) is 5.50. The van der Waals surface area contributed by atoms with Crippen LogP contribution in [0.15, 0.2) is 30.4 Å². The second kappa shape index (κ2) is 7.23. The van der Waals surface area contributed by atoms with Gasteiger partial charge < -0.3 is 10.1 Å². The Hall–Kier alpha value is -1.54. The first-order valence-corrected chi connectivity index (χ1v) is 8.13. The lowest BCUT2D eigenvalue weighted by molar-refractivity contribution is -0.143. The molecule has 0 spiro atoms. The van der Waals surface area contributed by atoms with Crippen molar-refractivity contribution in [2.45, 2.75) is 50.7 Å². The maximum Gasteiger partial charge on any atom is 0.416 e. The summed E-state index contributed by atoms with van der Waals surface area (Å²) in [5, 5.41) is 3.24. The van der Waals surface area contributed by atoms with Crippen molar-refractivity contribution in [3.05, 3.63) is 47.0 Å². The van der Waals surface area contributed by atoms with Gasteiger partial charge in [-0.3, -0.25) is 0 Å². The summed E-state index contributed by atoms with van der Waals surface area (Å²) < 4.78 is 83.3. The topological polar surface area (TPSA) is 21.3 Å². The molecule has 8 heteroatoms. The van der Waals surface area contributed by atoms with Gasteiger partial charge in [-0.2, -0.15) is 26.3 Å². The number of halogens is 6. The predicted molar refractivity (Wildman–Crippen MR) is 85.6 cm³/mol. The Morgan fingerprint density at radius 2 is 1.65 bits per heavy atom. The lowest BCUT2D eigenvalue weighted by Crippen LogP contribution is -2.50. The van der Waals surface area contributed by atoms with Crippen LogP contribution in [0.1, 0.15) is 49.5 Å². The van der Waals surface area contributed by atoms with E-state index in [4.69, 9.17) is 4.74 Å². The lowest BCUT2D eigenvalue weighted by atomic mass is 9.90. The van der Waals surface area contributed by atoms with E-state index in [0.717, 1.165) is 18.4 Å². The summed E-state index contributed by atoms with van der Waals surface area (Å²) in [6.07, 6.45) is -9.13. The van der Waals surface area contributed by atoms with Crippen molar-refractivity contribution < 1.29 is 31.1 Å². The third-order valence-corrected chi connectivity index (χ3v) is 4.53. The van der Waals surface area contributed by atoms with E-state index in [2.05, 4.69) is 11.9 Å². The highest BCUT2D eigenvalue weighted by Gasteiger charge is 2.37. The standard InChI is InChI=1S/C18H21F6NO/c1-11-4-5-16(3,25-9-11)10-26-12(2)13-6-14(17(19,20)21)8-15(7-13)18(22,23)24/h6-8,12,25H,1,4-5,9-10H2,2-3H3. The van der Waals surface area contributed by atoms with Crippen molar-refractivity contribution in [3.8, 4) is 0 Å². The largest absolute Gasteiger partial charge is 0.416 e. The molecule has 0 bridgehead atoms. The van der Waals surface area contributed by atoms with Gasteiger partial charge in [0.05, 0.1) is 23.8 Å². The van der Waals surface area contributed by atoms with Crippen LogP contribution in [0, 0.1) is 0 Å². The molecule has 0 amide bonds. The van der Waals surface area contributed by atoms with Crippen LogP contribution in [0.25, 0.3) is 0 Å². The van der Waals surface area contributed by atoms with Crippen molar-refractivity contribution in [1.82, 2.24) is 5.32 Å². The molecule has 1 aromatic carbocycles. The molecule has 0 aromatic heterocycles. The minimum atomic E-state index is -4.87. The van der Waals surface area contributed by atoms with Crippen molar-refractivity contribution in [2.24, 2.45) is 0 Å². The van der Waals surface area contributed by atoms with Gasteiger partial charge in [0.1, 0.15) is 0 Å². The molecule has 2 nitrogen and oxygen atoms in total. The van der Waals surface area contributed by atoms with E-state index >= 15 is 0 Å². The molecule has 2 atom stereocenters. The summed E-state index contributed by atoms with van der Waals surface area (Å²) in [7, 11) is 0. The number of alkyl halides is 6. The van der Waals surface area contributed by atoms with Crippen molar-refractivity contribution in [3.63, 3.8) is 0 Å². The third-order valence-electron chi connectivity index (χ3n) is 4.53. The summed E-state index contributed by atoms with van der Waals surface area (Å²) in [5.41, 5.74) is -2.18. The minimum Gasteiger partial charge on any atom is -0.372 e. The van der Waals surface area contributed by atoms with Gasteiger partial charge in [0.15, 0.2) is 0 Å². The fourth-order valence-corrected chi connectivity index (χ4v) is 2.71. The van der Waals surface area contributed by atoms with Gasteiger partial charge in [-0.15, -0.1) is 0 Å². The number of piperidine rings is 1. The van der Waals surface area contributed by atoms with Gasteiger partial charge >= 0.3 is 12.4 Å². The van der Waals surface area contributed by atoms with E-state index in [1.807, 2.05) is 6.92 Å². The SMILES string of the molecule is C=C1CCC(C)(COC(C)c2cc(C(F)(F)F)cc(C(F)(F)F)c2)NC1. The Morgan fingerprint density at radius 1 is 1.12 bits per heavy atom. The lowest BCUT2D eigenvalue weighted by Gasteiger charge is -2.36. The highest BCUT2D eigenvalue weighted by Crippen LogP contribution is 2.38. The molecular weight excluding hydrogens is 360 g/mol. The summed E-state index contributed by atoms with van der Waals surface area (Å²) in [6.45, 7) is 7.99. The van der Waals surface area contributed by atoms with Crippen molar-refractivity contribution >= 4 is 0 Å². The fourth-order valence-electron chi connectivity index (χ4n) is 2.71. The minimum absolute atomic E-state index is 0.117. The van der Waals surface area contributed by atoms with Gasteiger partial charge in [-0.25, -0.2) is 0 Å². The monoisotopic (exact) mass is 381 g/mol. The molecule has 0 aliphatic carbocycles. The first-order chi connectivity index (χ1) is 11.8. The van der Waals surface area contributed by atoms with Gasteiger partial charge in [0.2, 0.25) is 0 Å². The van der Waals surface area contributed by atoms with Crippen LogP contribution < -0.4 is 5.32 Å². The molecule has 1 aliphatic rings. The van der Waals surface area contributed by atoms with Crippen molar-refractivity contribution in [1.29, 1.82) is 0 Å². The Morgan fingerprint density at radius 3 is 2.08 bits per heavy atom. The smallest absolute Gasteiger partial charge is 0.372 e. The van der Waals surface area contributed by atoms with Gasteiger partial charge in [-0.1, -0.05) is 12.2 Å². The number of hydrogen-bond donors (Lipinski definition) is 1. The highest BCUT2D eigenvalue weighted by molar-refractivity contribution is 5.34. The average Bonchev–Trinajstić information content (AvgIpc) is 2.54. The highest BCUT2D eigenvalue weighted by atomic mass is 19.4. The van der Waals surface area contributed by atoms with Crippen LogP contribution in [0.3, 0.4) is 0 Å². The van der Waals surface area contributed by atoms with Crippen LogP contribution in [-0.4, -0.2) is 18.7 Å². The van der Waals surface area contributed by atoms with E-state index in [-0.39, 0.29) is 18.2 Å². The first kappa shape index (κ1) is 20.8. The van der Waals surface area contributed by atoms with Crippen LogP contribution in [0.4, 0.5) is 26.3 Å². The Balaban J connectivity index is 2.19. The molecule has 0 radical (unpaired) electrons. The number of ether oxygens (including phenoxy) is 1. The van der Waals surface area contributed by atoms with E-state index in [0.29, 0.717) is 18.7 Å². The summed E-state index contributed by atoms with van der Waals surface area (Å²) in [4.78, 5) is 0. The second-order valence-corrected chi connectivity index (χ2v) is 6.96. The van der Waals surface area contributed by atoms with Crippen LogP contribution in [0.5, 0.6) is 0 Å². The number of nitrogens with one attached hydrogen (secondary N) is 1. The fraction of sp³-hybridized carbons (Fsp3) is 0.556. The zero-order valence-electron chi connectivity index (χ0n) is 14.5. The molecule has 1 heterocycles. The Bertz CT molecular complexity index is 622. The molecule has 1 N–H and O–H groups in total. The van der Waals surface area contributed by atoms with E-state index in [1.165, 1.54) is 6.92 Å². The Kier molecular flexibility index (Phi) is 5.77. The van der Waals surface area contributed by atoms with Crippen molar-refractivity contribution in [2.75, 3.05) is 13.2 Å². The molecule has 26 heavy (non-hydrogen) atoms. The summed E-state index contributed by atoms with van der Waals surface area (Å²) in [5.74, 6) is 0. The van der Waals surface area contributed by atoms with Gasteiger partial charge in [-0.05, 0) is 50.5 Å². The molecule has 1 aliphatic heterocycles. The van der Waals surface area contributed by atoms with Gasteiger partial charge in [0.25, 0.3) is 0 Å². The summed E-state index contributed by atoms with van der Waals surface area (Å²) >= 11 is 0. The normalized spacial score (nSPS) is 23.2. The quantitative estimate of drug-likeness (QED) is 0.549. The molecule has 1 fully saturated rings. The second-order valence-electron chi connectivity index (χ2n) is 6.96. The number of benzene rings is 1. The maximum absolute atomic E-state index is 12.9. The number of hydrogen-bond acceptors (Lipinski definition) is 2. The van der Waals surface area contributed by atoms with E-state index in [1.54, 1.807) is 0 Å². The molecule has 1 saturated heterocycles. The number of rotatable bonds is 4. The third kappa shape index (κ3) is 5.23. The van der Waals surface area contributed by atoms with Gasteiger partial charge in [0, 0.05) is 12.1 Å². The molecular formula is C18H21F6NO. The zero-order chi connectivity index (χ0) is 19.8. The van der Waals surface area contributed by atoms with Crippen LogP contribution >= 0.6 is 0 Å². The molecule has 2 unspecified atom stereocenters. The molecule has 2 rings (SSSR count). The first-order valence-electron chi connectivity index (χ1n) is 8.13. The van der Waals surface area contributed by atoms with E-state index < -0.39 is 35.1 Å².